The maximum atomic E-state index is 13.4. The highest BCUT2D eigenvalue weighted by molar-refractivity contribution is 7.99. The van der Waals surface area contributed by atoms with E-state index in [1.807, 2.05) is 11.8 Å². The maximum absolute atomic E-state index is 13.4. The fourth-order valence-electron chi connectivity index (χ4n) is 1.74. The summed E-state index contributed by atoms with van der Waals surface area (Å²) in [6, 6.07) is 1.29. The summed E-state index contributed by atoms with van der Waals surface area (Å²) < 4.78 is 13.4. The minimum absolute atomic E-state index is 0.308. The molecule has 0 unspecified atom stereocenters. The average molecular weight is 261 g/mol. The molecule has 2 heterocycles. The number of nitrogens with one attached hydrogen (secondary N) is 1. The molecule has 2 rings (SSSR count). The molecule has 16 heavy (non-hydrogen) atoms. The van der Waals surface area contributed by atoms with Crippen LogP contribution in [-0.2, 0) is 0 Å². The minimum atomic E-state index is -0.377. The van der Waals surface area contributed by atoms with Gasteiger partial charge in [-0.3, -0.25) is 0 Å². The molecule has 0 aromatic carbocycles. The smallest absolute Gasteiger partial charge is 0.166 e. The lowest BCUT2D eigenvalue weighted by Gasteiger charge is -2.21. The molecule has 5 heteroatoms. The van der Waals surface area contributed by atoms with Gasteiger partial charge in [-0.15, -0.1) is 0 Å². The third-order valence-corrected chi connectivity index (χ3v) is 3.96. The molecule has 0 bridgehead atoms. The summed E-state index contributed by atoms with van der Waals surface area (Å²) in [5.74, 6) is 2.99. The lowest BCUT2D eigenvalue weighted by atomic mass is 10.0. The highest BCUT2D eigenvalue weighted by atomic mass is 35.5. The number of hydrogen-bond donors (Lipinski definition) is 1. The van der Waals surface area contributed by atoms with E-state index in [0.717, 1.165) is 6.54 Å². The van der Waals surface area contributed by atoms with Gasteiger partial charge in [0, 0.05) is 12.7 Å². The monoisotopic (exact) mass is 260 g/mol. The van der Waals surface area contributed by atoms with Gasteiger partial charge in [-0.1, -0.05) is 11.6 Å². The number of aromatic nitrogens is 1. The standard InChI is InChI=1S/C11H14ClFN2S/c12-9-5-10(13)11(15-7-9)14-6-8-1-3-16-4-2-8/h5,7-8H,1-4,6H2,(H,14,15). The highest BCUT2D eigenvalue weighted by Gasteiger charge is 2.14. The van der Waals surface area contributed by atoms with Crippen LogP contribution >= 0.6 is 23.4 Å². The summed E-state index contributed by atoms with van der Waals surface area (Å²) in [7, 11) is 0. The van der Waals surface area contributed by atoms with Crippen LogP contribution in [0.2, 0.25) is 5.02 Å². The van der Waals surface area contributed by atoms with Gasteiger partial charge < -0.3 is 5.32 Å². The first kappa shape index (κ1) is 12.0. The minimum Gasteiger partial charge on any atom is -0.367 e. The topological polar surface area (TPSA) is 24.9 Å². The number of hydrogen-bond acceptors (Lipinski definition) is 3. The van der Waals surface area contributed by atoms with Crippen molar-refractivity contribution in [2.45, 2.75) is 12.8 Å². The van der Waals surface area contributed by atoms with Crippen LogP contribution in [0.3, 0.4) is 0 Å². The number of anilines is 1. The van der Waals surface area contributed by atoms with E-state index >= 15 is 0 Å². The van der Waals surface area contributed by atoms with Crippen molar-refractivity contribution in [2.24, 2.45) is 5.92 Å². The molecule has 0 amide bonds. The van der Waals surface area contributed by atoms with E-state index in [1.165, 1.54) is 36.6 Å². The van der Waals surface area contributed by atoms with E-state index in [0.29, 0.717) is 16.8 Å². The number of rotatable bonds is 3. The van der Waals surface area contributed by atoms with Crippen molar-refractivity contribution in [1.82, 2.24) is 4.98 Å². The van der Waals surface area contributed by atoms with E-state index < -0.39 is 0 Å². The second-order valence-electron chi connectivity index (χ2n) is 3.92. The van der Waals surface area contributed by atoms with Crippen molar-refractivity contribution in [1.29, 1.82) is 0 Å². The zero-order valence-electron chi connectivity index (χ0n) is 8.88. The Kier molecular flexibility index (Phi) is 4.29. The Balaban J connectivity index is 1.88. The summed E-state index contributed by atoms with van der Waals surface area (Å²) in [5.41, 5.74) is 0. The van der Waals surface area contributed by atoms with Gasteiger partial charge in [0.2, 0.25) is 0 Å². The van der Waals surface area contributed by atoms with Crippen LogP contribution in [0.5, 0.6) is 0 Å². The fourth-order valence-corrected chi connectivity index (χ4v) is 3.08. The molecule has 88 valence electrons. The van der Waals surface area contributed by atoms with Crippen molar-refractivity contribution in [3.05, 3.63) is 23.1 Å². The summed E-state index contributed by atoms with van der Waals surface area (Å²) in [5, 5.41) is 3.39. The summed E-state index contributed by atoms with van der Waals surface area (Å²) in [6.07, 6.45) is 3.86. The van der Waals surface area contributed by atoms with Crippen LogP contribution < -0.4 is 5.32 Å². The third kappa shape index (κ3) is 3.25. The predicted molar refractivity (Wildman–Crippen MR) is 67.7 cm³/mol. The normalized spacial score (nSPS) is 17.4. The van der Waals surface area contributed by atoms with Crippen LogP contribution in [0.15, 0.2) is 12.3 Å². The number of pyridine rings is 1. The van der Waals surface area contributed by atoms with Gasteiger partial charge in [-0.2, -0.15) is 11.8 Å². The van der Waals surface area contributed by atoms with Gasteiger partial charge in [-0.25, -0.2) is 9.37 Å². The quantitative estimate of drug-likeness (QED) is 0.901. The number of thioether (sulfide) groups is 1. The van der Waals surface area contributed by atoms with Gasteiger partial charge in [0.25, 0.3) is 0 Å². The van der Waals surface area contributed by atoms with Crippen molar-refractivity contribution >= 4 is 29.2 Å². The molecular formula is C11H14ClFN2S. The molecule has 1 fully saturated rings. The van der Waals surface area contributed by atoms with Gasteiger partial charge in [-0.05, 0) is 36.3 Å². The Morgan fingerprint density at radius 3 is 2.94 bits per heavy atom. The Labute approximate surface area is 104 Å². The first-order chi connectivity index (χ1) is 7.75. The lowest BCUT2D eigenvalue weighted by molar-refractivity contribution is 0.513. The SMILES string of the molecule is Fc1cc(Cl)cnc1NCC1CCSCC1. The summed E-state index contributed by atoms with van der Waals surface area (Å²) in [4.78, 5) is 3.94. The molecule has 1 aliphatic heterocycles. The third-order valence-electron chi connectivity index (χ3n) is 2.71. The molecule has 1 aromatic heterocycles. The Morgan fingerprint density at radius 2 is 2.25 bits per heavy atom. The van der Waals surface area contributed by atoms with Crippen LogP contribution in [0, 0.1) is 11.7 Å². The first-order valence-corrected chi connectivity index (χ1v) is 6.91. The summed E-state index contributed by atoms with van der Waals surface area (Å²) >= 11 is 7.62. The van der Waals surface area contributed by atoms with Crippen molar-refractivity contribution in [2.75, 3.05) is 23.4 Å². The van der Waals surface area contributed by atoms with E-state index in [-0.39, 0.29) is 5.82 Å². The van der Waals surface area contributed by atoms with Crippen molar-refractivity contribution in [3.63, 3.8) is 0 Å². The number of halogens is 2. The fraction of sp³-hybridized carbons (Fsp3) is 0.545. The second kappa shape index (κ2) is 5.73. The van der Waals surface area contributed by atoms with Crippen molar-refractivity contribution < 1.29 is 4.39 Å². The molecule has 1 N–H and O–H groups in total. The maximum Gasteiger partial charge on any atom is 0.166 e. The molecule has 0 radical (unpaired) electrons. The molecule has 1 aromatic rings. The molecular weight excluding hydrogens is 247 g/mol. The van der Waals surface area contributed by atoms with Crippen LogP contribution in [0.4, 0.5) is 10.2 Å². The van der Waals surface area contributed by atoms with Crippen molar-refractivity contribution in [3.8, 4) is 0 Å². The molecule has 0 spiro atoms. The van der Waals surface area contributed by atoms with Gasteiger partial charge >= 0.3 is 0 Å². The zero-order valence-corrected chi connectivity index (χ0v) is 10.5. The van der Waals surface area contributed by atoms with Gasteiger partial charge in [0.05, 0.1) is 5.02 Å². The second-order valence-corrected chi connectivity index (χ2v) is 5.58. The first-order valence-electron chi connectivity index (χ1n) is 5.38. The van der Waals surface area contributed by atoms with Crippen LogP contribution in [0.1, 0.15) is 12.8 Å². The predicted octanol–water partition coefficient (Wildman–Crippen LogP) is 3.43. The van der Waals surface area contributed by atoms with E-state index in [4.69, 9.17) is 11.6 Å². The summed E-state index contributed by atoms with van der Waals surface area (Å²) in [6.45, 7) is 0.798. The average Bonchev–Trinajstić information content (AvgIpc) is 2.29. The van der Waals surface area contributed by atoms with E-state index in [1.54, 1.807) is 0 Å². The molecule has 0 aliphatic carbocycles. The lowest BCUT2D eigenvalue weighted by Crippen LogP contribution is -2.20. The van der Waals surface area contributed by atoms with Gasteiger partial charge in [0.1, 0.15) is 0 Å². The molecule has 1 aliphatic rings. The Hall–Kier alpha value is -0.480. The van der Waals surface area contributed by atoms with E-state index in [9.17, 15) is 4.39 Å². The molecule has 0 saturated carbocycles. The van der Waals surface area contributed by atoms with Crippen LogP contribution in [-0.4, -0.2) is 23.0 Å². The largest absolute Gasteiger partial charge is 0.367 e. The molecule has 2 nitrogen and oxygen atoms in total. The zero-order chi connectivity index (χ0) is 11.4. The Morgan fingerprint density at radius 1 is 1.50 bits per heavy atom. The molecule has 0 atom stereocenters. The highest BCUT2D eigenvalue weighted by Crippen LogP contribution is 2.23. The van der Waals surface area contributed by atoms with Crippen LogP contribution in [0.25, 0.3) is 0 Å². The molecule has 1 saturated heterocycles. The number of nitrogens with zero attached hydrogens (tertiary/aromatic N) is 1. The Bertz CT molecular complexity index is 356. The van der Waals surface area contributed by atoms with E-state index in [2.05, 4.69) is 10.3 Å². The van der Waals surface area contributed by atoms with Gasteiger partial charge in [0.15, 0.2) is 11.6 Å².